The molecule has 0 bridgehead atoms. The number of benzene rings is 2. The van der Waals surface area contributed by atoms with Crippen LogP contribution in [0.4, 0.5) is 0 Å². The number of aryl methyl sites for hydroxylation is 1. The minimum atomic E-state index is 0.0176. The van der Waals surface area contributed by atoms with Crippen LogP contribution < -0.4 is 10.9 Å². The average Bonchev–Trinajstić information content (AvgIpc) is 2.99. The van der Waals surface area contributed by atoms with Crippen molar-refractivity contribution >= 4 is 39.3 Å². The van der Waals surface area contributed by atoms with Gasteiger partial charge in [0.2, 0.25) is 0 Å². The summed E-state index contributed by atoms with van der Waals surface area (Å²) >= 11 is 3.22. The third-order valence-corrected chi connectivity index (χ3v) is 5.76. The number of hydrogen-bond donors (Lipinski definition) is 1. The van der Waals surface area contributed by atoms with Gasteiger partial charge in [0.25, 0.3) is 11.5 Å². The number of thioether (sulfide) groups is 1. The number of fused-ring (bicyclic) bond motifs is 1. The molecule has 1 heterocycles. The first-order valence-electron chi connectivity index (χ1n) is 8.71. The molecule has 1 N–H and O–H groups in total. The number of amides is 1. The molecular weight excluding hydrogens is 364 g/mol. The van der Waals surface area contributed by atoms with Crippen molar-refractivity contribution < 1.29 is 4.79 Å². The van der Waals surface area contributed by atoms with Crippen LogP contribution in [0.15, 0.2) is 58.2 Å². The van der Waals surface area contributed by atoms with Crippen molar-refractivity contribution in [2.45, 2.75) is 32.2 Å². The molecule has 0 aliphatic heterocycles. The minimum absolute atomic E-state index is 0.0176. The van der Waals surface area contributed by atoms with E-state index in [2.05, 4.69) is 12.2 Å². The normalized spacial score (nSPS) is 10.3. The molecule has 0 unspecified atom stereocenters. The van der Waals surface area contributed by atoms with Gasteiger partial charge in [-0.15, -0.1) is 11.8 Å². The van der Waals surface area contributed by atoms with Gasteiger partial charge in [0.15, 0.2) is 0 Å². The second-order valence-electron chi connectivity index (χ2n) is 5.38. The summed E-state index contributed by atoms with van der Waals surface area (Å²) in [5.41, 5.74) is 0.916. The first-order chi connectivity index (χ1) is 12.6. The monoisotopic (exact) mass is 388 g/mol. The van der Waals surface area contributed by atoms with Crippen molar-refractivity contribution in [1.82, 2.24) is 9.27 Å². The quantitative estimate of drug-likeness (QED) is 0.648. The van der Waals surface area contributed by atoms with Gasteiger partial charge in [0.1, 0.15) is 0 Å². The molecule has 0 saturated heterocycles. The third kappa shape index (κ3) is 4.99. The fourth-order valence-electron chi connectivity index (χ4n) is 2.42. The number of aromatic nitrogens is 1. The Bertz CT molecular complexity index is 915. The number of rotatable bonds is 5. The topological polar surface area (TPSA) is 51.1 Å². The predicted molar refractivity (Wildman–Crippen MR) is 113 cm³/mol. The number of hydrogen-bond acceptors (Lipinski definition) is 4. The van der Waals surface area contributed by atoms with E-state index in [1.54, 1.807) is 15.7 Å². The second-order valence-corrected chi connectivity index (χ2v) is 7.74. The highest BCUT2D eigenvalue weighted by Gasteiger charge is 2.08. The Hall–Kier alpha value is -2.05. The maximum atomic E-state index is 11.6. The smallest absolute Gasteiger partial charge is 0.268 e. The standard InChI is InChI=1S/C11H15NOS.C9H9NOS/c1-3-12-11(13)9-7-5-6-8-10(9)14-4-2;1-2-10-9(11)7-5-3-4-6-8(7)12-10/h5-8H,3-4H2,1-2H3,(H,12,13);3-6H,2H2,1H3. The van der Waals surface area contributed by atoms with Crippen LogP contribution in [0, 0.1) is 0 Å². The van der Waals surface area contributed by atoms with E-state index in [0.717, 1.165) is 32.8 Å². The Labute approximate surface area is 162 Å². The number of nitrogens with one attached hydrogen (secondary N) is 1. The van der Waals surface area contributed by atoms with Crippen LogP contribution in [0.2, 0.25) is 0 Å². The summed E-state index contributed by atoms with van der Waals surface area (Å²) < 4.78 is 2.84. The Morgan fingerprint density at radius 2 is 1.77 bits per heavy atom. The lowest BCUT2D eigenvalue weighted by Gasteiger charge is -2.07. The van der Waals surface area contributed by atoms with Crippen molar-refractivity contribution in [3.05, 3.63) is 64.4 Å². The van der Waals surface area contributed by atoms with Crippen LogP contribution in [0.25, 0.3) is 10.1 Å². The third-order valence-electron chi connectivity index (χ3n) is 3.61. The summed E-state index contributed by atoms with van der Waals surface area (Å²) in [5.74, 6) is 1.00. The lowest BCUT2D eigenvalue weighted by molar-refractivity contribution is 0.0953. The SMILES string of the molecule is CCNC(=O)c1ccccc1SCC.CCn1sc2ccccc2c1=O. The molecule has 3 rings (SSSR count). The summed E-state index contributed by atoms with van der Waals surface area (Å²) in [6.07, 6.45) is 0. The van der Waals surface area contributed by atoms with Gasteiger partial charge >= 0.3 is 0 Å². The minimum Gasteiger partial charge on any atom is -0.352 e. The molecule has 3 aromatic rings. The van der Waals surface area contributed by atoms with E-state index in [9.17, 15) is 9.59 Å². The molecule has 4 nitrogen and oxygen atoms in total. The van der Waals surface area contributed by atoms with Gasteiger partial charge in [-0.3, -0.25) is 13.5 Å². The van der Waals surface area contributed by atoms with Gasteiger partial charge < -0.3 is 5.32 Å². The van der Waals surface area contributed by atoms with Crippen LogP contribution in [0.5, 0.6) is 0 Å². The van der Waals surface area contributed by atoms with E-state index >= 15 is 0 Å². The Morgan fingerprint density at radius 1 is 1.08 bits per heavy atom. The number of nitrogens with zero attached hydrogens (tertiary/aromatic N) is 1. The van der Waals surface area contributed by atoms with Crippen LogP contribution >= 0.6 is 23.3 Å². The zero-order valence-electron chi connectivity index (χ0n) is 15.3. The van der Waals surface area contributed by atoms with Crippen molar-refractivity contribution in [3.63, 3.8) is 0 Å². The summed E-state index contributed by atoms with van der Waals surface area (Å²) in [4.78, 5) is 24.2. The fraction of sp³-hybridized carbons (Fsp3) is 0.300. The molecule has 1 aromatic heterocycles. The zero-order chi connectivity index (χ0) is 18.9. The van der Waals surface area contributed by atoms with Gasteiger partial charge in [-0.1, -0.05) is 42.7 Å². The van der Waals surface area contributed by atoms with E-state index < -0.39 is 0 Å². The van der Waals surface area contributed by atoms with Gasteiger partial charge in [0, 0.05) is 18.0 Å². The lowest BCUT2D eigenvalue weighted by atomic mass is 10.2. The summed E-state index contributed by atoms with van der Waals surface area (Å²) in [6.45, 7) is 7.42. The molecule has 0 saturated carbocycles. The lowest BCUT2D eigenvalue weighted by Crippen LogP contribution is -2.23. The van der Waals surface area contributed by atoms with Crippen LogP contribution in [-0.4, -0.2) is 22.2 Å². The largest absolute Gasteiger partial charge is 0.352 e. The summed E-state index contributed by atoms with van der Waals surface area (Å²) in [6, 6.07) is 15.4. The predicted octanol–water partition coefficient (Wildman–Crippen LogP) is 4.63. The van der Waals surface area contributed by atoms with Crippen molar-refractivity contribution in [3.8, 4) is 0 Å². The molecule has 0 atom stereocenters. The van der Waals surface area contributed by atoms with Gasteiger partial charge in [0.05, 0.1) is 15.6 Å². The van der Waals surface area contributed by atoms with E-state index in [-0.39, 0.29) is 11.5 Å². The summed E-state index contributed by atoms with van der Waals surface area (Å²) in [7, 11) is 0. The highest BCUT2D eigenvalue weighted by atomic mass is 32.2. The van der Waals surface area contributed by atoms with Gasteiger partial charge in [-0.25, -0.2) is 0 Å². The molecular formula is C20H24N2O2S2. The molecule has 138 valence electrons. The Balaban J connectivity index is 0.000000189. The number of carbonyl (C=O) groups is 1. The van der Waals surface area contributed by atoms with Crippen LogP contribution in [0.3, 0.4) is 0 Å². The highest BCUT2D eigenvalue weighted by Crippen LogP contribution is 2.21. The zero-order valence-corrected chi connectivity index (χ0v) is 17.0. The molecule has 26 heavy (non-hydrogen) atoms. The number of carbonyl (C=O) groups excluding carboxylic acids is 1. The highest BCUT2D eigenvalue weighted by molar-refractivity contribution is 7.99. The average molecular weight is 389 g/mol. The molecule has 1 amide bonds. The molecule has 0 aliphatic rings. The van der Waals surface area contributed by atoms with Crippen molar-refractivity contribution in [2.24, 2.45) is 0 Å². The van der Waals surface area contributed by atoms with Crippen LogP contribution in [-0.2, 0) is 6.54 Å². The van der Waals surface area contributed by atoms with Crippen molar-refractivity contribution in [1.29, 1.82) is 0 Å². The van der Waals surface area contributed by atoms with Crippen LogP contribution in [0.1, 0.15) is 31.1 Å². The van der Waals surface area contributed by atoms with E-state index in [4.69, 9.17) is 0 Å². The molecule has 0 radical (unpaired) electrons. The maximum Gasteiger partial charge on any atom is 0.268 e. The maximum absolute atomic E-state index is 11.6. The van der Waals surface area contributed by atoms with Crippen molar-refractivity contribution in [2.75, 3.05) is 12.3 Å². The van der Waals surface area contributed by atoms with E-state index in [0.29, 0.717) is 6.54 Å². The molecule has 0 fully saturated rings. The first kappa shape index (κ1) is 20.3. The molecule has 2 aromatic carbocycles. The molecule has 0 spiro atoms. The van der Waals surface area contributed by atoms with E-state index in [1.807, 2.05) is 62.4 Å². The summed E-state index contributed by atoms with van der Waals surface area (Å²) in [5, 5.41) is 3.65. The first-order valence-corrected chi connectivity index (χ1v) is 10.5. The Morgan fingerprint density at radius 3 is 2.42 bits per heavy atom. The van der Waals surface area contributed by atoms with E-state index in [1.165, 1.54) is 11.5 Å². The fourth-order valence-corrected chi connectivity index (χ4v) is 4.16. The van der Waals surface area contributed by atoms with Gasteiger partial charge in [-0.2, -0.15) is 0 Å². The second kappa shape index (κ2) is 10.2. The Kier molecular flexibility index (Phi) is 7.94. The molecule has 0 aliphatic carbocycles. The van der Waals surface area contributed by atoms with Gasteiger partial charge in [-0.05, 0) is 43.9 Å². The molecule has 6 heteroatoms.